The summed E-state index contributed by atoms with van der Waals surface area (Å²) >= 11 is 0. The van der Waals surface area contributed by atoms with Crippen LogP contribution in [0.25, 0.3) is 0 Å². The van der Waals surface area contributed by atoms with Crippen LogP contribution >= 0.6 is 0 Å². The van der Waals surface area contributed by atoms with E-state index in [4.69, 9.17) is 4.74 Å². The number of likely N-dealkylation sites (N-methyl/N-ethyl adjacent to an activating group) is 1. The topological polar surface area (TPSA) is 24.5 Å². The fourth-order valence-electron chi connectivity index (χ4n) is 3.07. The van der Waals surface area contributed by atoms with Gasteiger partial charge in [0.25, 0.3) is 0 Å². The molecule has 1 aromatic rings. The Morgan fingerprint density at radius 2 is 1.95 bits per heavy atom. The smallest absolute Gasteiger partial charge is 0.118 e. The molecule has 1 saturated carbocycles. The summed E-state index contributed by atoms with van der Waals surface area (Å²) in [6.45, 7) is 5.81. The van der Waals surface area contributed by atoms with E-state index in [0.29, 0.717) is 12.1 Å². The SMILES string of the molecule is CCCN(C1CC1)C(C)C(NC)c1ccc(OC)cc1. The Bertz CT molecular complexity index is 400. The fraction of sp³-hybridized carbons (Fsp3) is 0.647. The second kappa shape index (κ2) is 7.09. The standard InChI is InChI=1S/C17H28N2O/c1-5-12-19(15-8-9-15)13(2)17(18-3)14-6-10-16(20-4)11-7-14/h6-7,10-11,13,15,17-18H,5,8-9,12H2,1-4H3. The molecule has 0 radical (unpaired) electrons. The second-order valence-corrected chi connectivity index (χ2v) is 5.75. The van der Waals surface area contributed by atoms with Crippen molar-refractivity contribution in [1.29, 1.82) is 0 Å². The molecule has 0 bridgehead atoms. The van der Waals surface area contributed by atoms with Crippen LogP contribution in [0.4, 0.5) is 0 Å². The Morgan fingerprint density at radius 3 is 2.40 bits per heavy atom. The number of hydrogen-bond acceptors (Lipinski definition) is 3. The van der Waals surface area contributed by atoms with Crippen molar-refractivity contribution < 1.29 is 4.74 Å². The summed E-state index contributed by atoms with van der Waals surface area (Å²) < 4.78 is 5.25. The van der Waals surface area contributed by atoms with Gasteiger partial charge in [0, 0.05) is 18.1 Å². The predicted octanol–water partition coefficient (Wildman–Crippen LogP) is 3.22. The minimum atomic E-state index is 0.369. The normalized spacial score (nSPS) is 18.1. The number of methoxy groups -OCH3 is 1. The van der Waals surface area contributed by atoms with E-state index in [-0.39, 0.29) is 0 Å². The van der Waals surface area contributed by atoms with Gasteiger partial charge in [-0.15, -0.1) is 0 Å². The zero-order chi connectivity index (χ0) is 14.5. The van der Waals surface area contributed by atoms with E-state index >= 15 is 0 Å². The predicted molar refractivity (Wildman–Crippen MR) is 84.3 cm³/mol. The van der Waals surface area contributed by atoms with Crippen LogP contribution < -0.4 is 10.1 Å². The molecule has 1 aliphatic rings. The summed E-state index contributed by atoms with van der Waals surface area (Å²) in [4.78, 5) is 2.67. The molecule has 3 heteroatoms. The molecule has 0 amide bonds. The Morgan fingerprint density at radius 1 is 1.30 bits per heavy atom. The molecule has 0 aliphatic heterocycles. The minimum absolute atomic E-state index is 0.369. The maximum absolute atomic E-state index is 5.25. The molecule has 0 heterocycles. The summed E-state index contributed by atoms with van der Waals surface area (Å²) in [6, 6.07) is 10.1. The van der Waals surface area contributed by atoms with Crippen molar-refractivity contribution in [3.63, 3.8) is 0 Å². The van der Waals surface area contributed by atoms with E-state index in [1.54, 1.807) is 7.11 Å². The highest BCUT2D eigenvalue weighted by atomic mass is 16.5. The lowest BCUT2D eigenvalue weighted by molar-refractivity contribution is 0.163. The first-order valence-corrected chi connectivity index (χ1v) is 7.78. The average Bonchev–Trinajstić information content (AvgIpc) is 3.30. The Hall–Kier alpha value is -1.06. The average molecular weight is 276 g/mol. The molecule has 0 aromatic heterocycles. The number of nitrogens with one attached hydrogen (secondary N) is 1. The third kappa shape index (κ3) is 3.53. The summed E-state index contributed by atoms with van der Waals surface area (Å²) in [5, 5.41) is 3.49. The molecule has 1 fully saturated rings. The number of hydrogen-bond donors (Lipinski definition) is 1. The maximum atomic E-state index is 5.25. The Kier molecular flexibility index (Phi) is 5.44. The molecular formula is C17H28N2O. The second-order valence-electron chi connectivity index (χ2n) is 5.75. The number of ether oxygens (including phenoxy) is 1. The van der Waals surface area contributed by atoms with Crippen LogP contribution in [0.15, 0.2) is 24.3 Å². The first-order valence-electron chi connectivity index (χ1n) is 7.78. The van der Waals surface area contributed by atoms with Crippen LogP contribution in [-0.2, 0) is 0 Å². The molecule has 0 saturated heterocycles. The molecule has 1 aromatic carbocycles. The van der Waals surface area contributed by atoms with Crippen LogP contribution in [0, 0.1) is 0 Å². The van der Waals surface area contributed by atoms with Gasteiger partial charge in [-0.05, 0) is 57.5 Å². The lowest BCUT2D eigenvalue weighted by Crippen LogP contribution is -2.43. The van der Waals surface area contributed by atoms with Crippen molar-refractivity contribution in [3.8, 4) is 5.75 Å². The van der Waals surface area contributed by atoms with Gasteiger partial charge in [0.2, 0.25) is 0 Å². The van der Waals surface area contributed by atoms with Crippen molar-refractivity contribution in [2.24, 2.45) is 0 Å². The van der Waals surface area contributed by atoms with E-state index in [1.807, 2.05) is 12.1 Å². The molecule has 1 N–H and O–H groups in total. The summed E-state index contributed by atoms with van der Waals surface area (Å²) in [7, 11) is 3.77. The number of nitrogens with zero attached hydrogens (tertiary/aromatic N) is 1. The zero-order valence-electron chi connectivity index (χ0n) is 13.2. The highest BCUT2D eigenvalue weighted by Crippen LogP contribution is 2.33. The molecule has 20 heavy (non-hydrogen) atoms. The molecular weight excluding hydrogens is 248 g/mol. The molecule has 2 atom stereocenters. The first kappa shape index (κ1) is 15.3. The van der Waals surface area contributed by atoms with Crippen molar-refractivity contribution in [1.82, 2.24) is 10.2 Å². The van der Waals surface area contributed by atoms with Crippen LogP contribution in [0.2, 0.25) is 0 Å². The lowest BCUT2D eigenvalue weighted by Gasteiger charge is -2.35. The Balaban J connectivity index is 2.12. The van der Waals surface area contributed by atoms with Gasteiger partial charge in [-0.2, -0.15) is 0 Å². The van der Waals surface area contributed by atoms with Crippen molar-refractivity contribution in [3.05, 3.63) is 29.8 Å². The highest BCUT2D eigenvalue weighted by Gasteiger charge is 2.34. The number of rotatable bonds is 8. The first-order chi connectivity index (χ1) is 9.71. The third-order valence-electron chi connectivity index (χ3n) is 4.29. The van der Waals surface area contributed by atoms with Gasteiger partial charge in [-0.3, -0.25) is 4.90 Å². The van der Waals surface area contributed by atoms with Crippen molar-refractivity contribution in [2.75, 3.05) is 20.7 Å². The lowest BCUT2D eigenvalue weighted by atomic mass is 9.98. The Labute approximate surface area is 123 Å². The molecule has 0 spiro atoms. The van der Waals surface area contributed by atoms with Gasteiger partial charge in [-0.1, -0.05) is 19.1 Å². The van der Waals surface area contributed by atoms with Gasteiger partial charge in [0.15, 0.2) is 0 Å². The van der Waals surface area contributed by atoms with E-state index in [2.05, 4.69) is 43.2 Å². The number of benzene rings is 1. The van der Waals surface area contributed by atoms with Gasteiger partial charge >= 0.3 is 0 Å². The monoisotopic (exact) mass is 276 g/mol. The third-order valence-corrected chi connectivity index (χ3v) is 4.29. The van der Waals surface area contributed by atoms with Crippen molar-refractivity contribution in [2.45, 2.75) is 51.2 Å². The van der Waals surface area contributed by atoms with Crippen molar-refractivity contribution >= 4 is 0 Å². The van der Waals surface area contributed by atoms with E-state index in [9.17, 15) is 0 Å². The molecule has 2 unspecified atom stereocenters. The maximum Gasteiger partial charge on any atom is 0.118 e. The van der Waals surface area contributed by atoms with Gasteiger partial charge in [0.1, 0.15) is 5.75 Å². The van der Waals surface area contributed by atoms with Crippen LogP contribution in [-0.4, -0.2) is 37.7 Å². The van der Waals surface area contributed by atoms with Crippen LogP contribution in [0.5, 0.6) is 5.75 Å². The molecule has 2 rings (SSSR count). The molecule has 112 valence electrons. The minimum Gasteiger partial charge on any atom is -0.497 e. The van der Waals surface area contributed by atoms with Gasteiger partial charge < -0.3 is 10.1 Å². The summed E-state index contributed by atoms with van der Waals surface area (Å²) in [6.07, 6.45) is 3.95. The van der Waals surface area contributed by atoms with Crippen LogP contribution in [0.1, 0.15) is 44.7 Å². The zero-order valence-corrected chi connectivity index (χ0v) is 13.2. The fourth-order valence-corrected chi connectivity index (χ4v) is 3.07. The highest BCUT2D eigenvalue weighted by molar-refractivity contribution is 5.30. The van der Waals surface area contributed by atoms with Gasteiger partial charge in [-0.25, -0.2) is 0 Å². The summed E-state index contributed by atoms with van der Waals surface area (Å²) in [5.41, 5.74) is 1.34. The van der Waals surface area contributed by atoms with E-state index in [0.717, 1.165) is 11.8 Å². The van der Waals surface area contributed by atoms with Gasteiger partial charge in [0.05, 0.1) is 7.11 Å². The largest absolute Gasteiger partial charge is 0.497 e. The quantitative estimate of drug-likeness (QED) is 0.789. The molecule has 1 aliphatic carbocycles. The summed E-state index contributed by atoms with van der Waals surface area (Å²) in [5.74, 6) is 0.920. The van der Waals surface area contributed by atoms with E-state index in [1.165, 1.54) is 31.4 Å². The van der Waals surface area contributed by atoms with E-state index < -0.39 is 0 Å². The molecule has 3 nitrogen and oxygen atoms in total. The van der Waals surface area contributed by atoms with Crippen LogP contribution in [0.3, 0.4) is 0 Å².